The SMILES string of the molecule is CC/C=C\C/C=C\C/C=C\C/C=C\CCCCC(=O)OC(COCCCCCCCCCCCC/C=C\CCCCCCCCCC)COC1OC(COC2OC(CO)C(O)C(O)C2O)C(O)C(O)C1O. The van der Waals surface area contributed by atoms with Crippen LogP contribution in [0.4, 0.5) is 0 Å². The lowest BCUT2D eigenvalue weighted by Gasteiger charge is -2.42. The van der Waals surface area contributed by atoms with E-state index in [9.17, 15) is 40.5 Å². The summed E-state index contributed by atoms with van der Waals surface area (Å²) in [5, 5.41) is 72.2. The van der Waals surface area contributed by atoms with Crippen LogP contribution in [0.2, 0.25) is 0 Å². The second-order valence-electron chi connectivity index (χ2n) is 19.4. The topological polar surface area (TPSA) is 214 Å². The lowest BCUT2D eigenvalue weighted by Crippen LogP contribution is -2.61. The lowest BCUT2D eigenvalue weighted by atomic mass is 9.98. The van der Waals surface area contributed by atoms with Gasteiger partial charge in [0, 0.05) is 13.0 Å². The molecule has 14 nitrogen and oxygen atoms in total. The van der Waals surface area contributed by atoms with Crippen LogP contribution in [0.5, 0.6) is 0 Å². The van der Waals surface area contributed by atoms with Crippen molar-refractivity contribution in [3.05, 3.63) is 60.8 Å². The minimum absolute atomic E-state index is 0.0420. The van der Waals surface area contributed by atoms with E-state index in [2.05, 4.69) is 74.6 Å². The first-order chi connectivity index (χ1) is 34.6. The van der Waals surface area contributed by atoms with Crippen molar-refractivity contribution >= 4 is 5.97 Å². The van der Waals surface area contributed by atoms with Crippen LogP contribution < -0.4 is 0 Å². The summed E-state index contributed by atoms with van der Waals surface area (Å²) in [6.45, 7) is 3.52. The largest absolute Gasteiger partial charge is 0.457 e. The maximum atomic E-state index is 13.0. The normalized spacial score (nSPS) is 25.8. The number of esters is 1. The van der Waals surface area contributed by atoms with Gasteiger partial charge in [0.1, 0.15) is 54.9 Å². The molecule has 0 radical (unpaired) electrons. The average Bonchev–Trinajstić information content (AvgIpc) is 3.37. The Morgan fingerprint density at radius 1 is 0.479 bits per heavy atom. The van der Waals surface area contributed by atoms with Gasteiger partial charge in [-0.3, -0.25) is 4.79 Å². The van der Waals surface area contributed by atoms with E-state index in [1.165, 1.54) is 109 Å². The molecule has 0 aromatic heterocycles. The second-order valence-corrected chi connectivity index (χ2v) is 19.4. The third-order valence-corrected chi connectivity index (χ3v) is 13.0. The monoisotopic (exact) mass is 1010 g/mol. The fourth-order valence-electron chi connectivity index (χ4n) is 8.51. The van der Waals surface area contributed by atoms with Crippen LogP contribution in [0.15, 0.2) is 60.8 Å². The van der Waals surface area contributed by atoms with Crippen molar-refractivity contribution in [1.82, 2.24) is 0 Å². The quantitative estimate of drug-likeness (QED) is 0.0172. The average molecular weight is 1010 g/mol. The Balaban J connectivity index is 1.73. The highest BCUT2D eigenvalue weighted by Gasteiger charge is 2.47. The number of ether oxygens (including phenoxy) is 6. The number of aliphatic hydroxyl groups excluding tert-OH is 7. The van der Waals surface area contributed by atoms with E-state index >= 15 is 0 Å². The zero-order chi connectivity index (χ0) is 51.6. The van der Waals surface area contributed by atoms with Crippen molar-refractivity contribution in [1.29, 1.82) is 0 Å². The Kier molecular flexibility index (Phi) is 40.2. The van der Waals surface area contributed by atoms with E-state index in [1.807, 2.05) is 0 Å². The molecule has 0 aromatic rings. The molecule has 0 aromatic carbocycles. The molecule has 0 aliphatic carbocycles. The van der Waals surface area contributed by atoms with Crippen LogP contribution >= 0.6 is 0 Å². The smallest absolute Gasteiger partial charge is 0.306 e. The van der Waals surface area contributed by atoms with Gasteiger partial charge in [-0.2, -0.15) is 0 Å². The molecular weight excluding hydrogens is 909 g/mol. The molecule has 412 valence electrons. The van der Waals surface area contributed by atoms with Crippen molar-refractivity contribution in [3.63, 3.8) is 0 Å². The van der Waals surface area contributed by atoms with Crippen LogP contribution in [-0.4, -0.2) is 142 Å². The number of allylic oxidation sites excluding steroid dienone is 10. The van der Waals surface area contributed by atoms with Gasteiger partial charge in [-0.05, 0) is 77.0 Å². The van der Waals surface area contributed by atoms with Gasteiger partial charge in [-0.1, -0.05) is 171 Å². The van der Waals surface area contributed by atoms with E-state index < -0.39 is 86.7 Å². The van der Waals surface area contributed by atoms with E-state index in [0.717, 1.165) is 57.8 Å². The Labute approximate surface area is 428 Å². The number of aliphatic hydroxyl groups is 7. The number of carbonyl (C=O) groups excluding carboxylic acids is 1. The van der Waals surface area contributed by atoms with Crippen LogP contribution in [0.3, 0.4) is 0 Å². The summed E-state index contributed by atoms with van der Waals surface area (Å²) in [5.74, 6) is -0.417. The van der Waals surface area contributed by atoms with E-state index in [1.54, 1.807) is 0 Å². The molecule has 7 N–H and O–H groups in total. The fraction of sp³-hybridized carbons (Fsp3) is 0.807. The maximum absolute atomic E-state index is 13.0. The third-order valence-electron chi connectivity index (χ3n) is 13.0. The van der Waals surface area contributed by atoms with Crippen molar-refractivity contribution in [2.45, 2.75) is 261 Å². The summed E-state index contributed by atoms with van der Waals surface area (Å²) in [4.78, 5) is 13.0. The Bertz CT molecular complexity index is 1400. The highest BCUT2D eigenvalue weighted by atomic mass is 16.7. The zero-order valence-electron chi connectivity index (χ0n) is 43.9. The van der Waals surface area contributed by atoms with Crippen molar-refractivity contribution in [3.8, 4) is 0 Å². The minimum atomic E-state index is -1.72. The molecule has 2 aliphatic heterocycles. The molecule has 14 heteroatoms. The van der Waals surface area contributed by atoms with Crippen LogP contribution in [0.25, 0.3) is 0 Å². The number of hydrogen-bond donors (Lipinski definition) is 7. The van der Waals surface area contributed by atoms with Gasteiger partial charge in [0.25, 0.3) is 0 Å². The number of rotatable bonds is 44. The molecule has 0 spiro atoms. The highest BCUT2D eigenvalue weighted by Crippen LogP contribution is 2.26. The van der Waals surface area contributed by atoms with Gasteiger partial charge in [0.05, 0.1) is 26.4 Å². The summed E-state index contributed by atoms with van der Waals surface area (Å²) >= 11 is 0. The molecule has 2 aliphatic rings. The summed E-state index contributed by atoms with van der Waals surface area (Å²) < 4.78 is 34.3. The number of carbonyl (C=O) groups is 1. The molecule has 0 saturated carbocycles. The third kappa shape index (κ3) is 31.2. The predicted octanol–water partition coefficient (Wildman–Crippen LogP) is 9.30. The van der Waals surface area contributed by atoms with Gasteiger partial charge in [-0.15, -0.1) is 0 Å². The van der Waals surface area contributed by atoms with Gasteiger partial charge < -0.3 is 64.2 Å². The van der Waals surface area contributed by atoms with Crippen molar-refractivity contribution in [2.75, 3.05) is 33.0 Å². The standard InChI is InChI=1S/C57H100O14/c1-3-5-7-9-11-13-15-17-19-20-21-22-23-24-25-27-29-31-33-35-37-39-41-66-43-46(69-49(59)40-38-36-34-32-30-28-26-18-16-14-12-10-8-6-4-2)44-67-56-55(65)53(63)51(61)48(71-56)45-68-57-54(64)52(62)50(60)47(42-58)70-57/h6,8,12,14,18,20-21,26,30,32,46-48,50-58,60-65H,3-5,7,9-11,13,15-17,19,22-25,27-29,31,33-45H2,1-2H3/b8-6-,14-12-,21-20-,26-18-,32-30-. The minimum Gasteiger partial charge on any atom is -0.457 e. The molecule has 0 amide bonds. The summed E-state index contributed by atoms with van der Waals surface area (Å²) in [7, 11) is 0. The molecule has 11 unspecified atom stereocenters. The summed E-state index contributed by atoms with van der Waals surface area (Å²) in [5.41, 5.74) is 0. The molecule has 71 heavy (non-hydrogen) atoms. The van der Waals surface area contributed by atoms with E-state index in [4.69, 9.17) is 28.4 Å². The van der Waals surface area contributed by atoms with Gasteiger partial charge in [0.15, 0.2) is 12.6 Å². The van der Waals surface area contributed by atoms with Gasteiger partial charge >= 0.3 is 5.97 Å². The Hall–Kier alpha value is -2.31. The van der Waals surface area contributed by atoms with E-state index in [0.29, 0.717) is 13.0 Å². The molecule has 0 bridgehead atoms. The van der Waals surface area contributed by atoms with Crippen LogP contribution in [-0.2, 0) is 33.2 Å². The second kappa shape index (κ2) is 44.0. The van der Waals surface area contributed by atoms with Crippen LogP contribution in [0.1, 0.15) is 194 Å². The Morgan fingerprint density at radius 3 is 1.45 bits per heavy atom. The van der Waals surface area contributed by atoms with Crippen molar-refractivity contribution in [2.24, 2.45) is 0 Å². The fourth-order valence-corrected chi connectivity index (χ4v) is 8.51. The molecule has 2 heterocycles. The van der Waals surface area contributed by atoms with Crippen LogP contribution in [0, 0.1) is 0 Å². The first kappa shape index (κ1) is 64.8. The Morgan fingerprint density at radius 2 is 0.915 bits per heavy atom. The molecular formula is C57H100O14. The van der Waals surface area contributed by atoms with Crippen molar-refractivity contribution < 1.29 is 69.0 Å². The zero-order valence-corrected chi connectivity index (χ0v) is 43.9. The highest BCUT2D eigenvalue weighted by molar-refractivity contribution is 5.69. The number of unbranched alkanes of at least 4 members (excludes halogenated alkanes) is 20. The summed E-state index contributed by atoms with van der Waals surface area (Å²) in [6, 6.07) is 0. The van der Waals surface area contributed by atoms with Gasteiger partial charge in [0.2, 0.25) is 0 Å². The molecule has 2 fully saturated rings. The molecule has 2 saturated heterocycles. The molecule has 11 atom stereocenters. The van der Waals surface area contributed by atoms with E-state index in [-0.39, 0.29) is 19.6 Å². The summed E-state index contributed by atoms with van der Waals surface area (Å²) in [6.07, 6.45) is 37.2. The first-order valence-electron chi connectivity index (χ1n) is 27.9. The lowest BCUT2D eigenvalue weighted by molar-refractivity contribution is -0.332. The first-order valence-corrected chi connectivity index (χ1v) is 27.9. The number of hydrogen-bond acceptors (Lipinski definition) is 14. The predicted molar refractivity (Wildman–Crippen MR) is 279 cm³/mol. The molecule has 2 rings (SSSR count). The van der Waals surface area contributed by atoms with Gasteiger partial charge in [-0.25, -0.2) is 0 Å². The maximum Gasteiger partial charge on any atom is 0.306 e.